The molecule has 2 aromatic heterocycles. The second-order valence-corrected chi connectivity index (χ2v) is 5.69. The number of benzene rings is 1. The van der Waals surface area contributed by atoms with Gasteiger partial charge in [-0.15, -0.1) is 11.3 Å². The molecule has 0 aliphatic carbocycles. The number of rotatable bonds is 1. The first-order chi connectivity index (χ1) is 9.08. The van der Waals surface area contributed by atoms with Crippen LogP contribution in [0, 0.1) is 12.7 Å². The maximum absolute atomic E-state index is 13.6. The summed E-state index contributed by atoms with van der Waals surface area (Å²) in [4.78, 5) is 9.35. The summed E-state index contributed by atoms with van der Waals surface area (Å²) < 4.78 is 13.6. The Morgan fingerprint density at radius 2 is 1.95 bits per heavy atom. The third kappa shape index (κ3) is 2.10. The molecule has 0 amide bonds. The van der Waals surface area contributed by atoms with Crippen molar-refractivity contribution in [1.82, 2.24) is 9.97 Å². The van der Waals surface area contributed by atoms with Crippen molar-refractivity contribution in [3.63, 3.8) is 0 Å². The summed E-state index contributed by atoms with van der Waals surface area (Å²) in [7, 11) is 0. The molecule has 6 heteroatoms. The van der Waals surface area contributed by atoms with Crippen molar-refractivity contribution in [2.45, 2.75) is 6.92 Å². The van der Waals surface area contributed by atoms with Crippen LogP contribution in [0.1, 0.15) is 5.56 Å². The van der Waals surface area contributed by atoms with Crippen LogP contribution in [0.4, 0.5) is 4.39 Å². The highest BCUT2D eigenvalue weighted by Crippen LogP contribution is 2.34. The van der Waals surface area contributed by atoms with Crippen molar-refractivity contribution in [2.24, 2.45) is 0 Å². The lowest BCUT2D eigenvalue weighted by Crippen LogP contribution is -1.94. The quantitative estimate of drug-likeness (QED) is 0.583. The third-order valence-electron chi connectivity index (χ3n) is 2.83. The van der Waals surface area contributed by atoms with E-state index in [1.54, 1.807) is 19.1 Å². The topological polar surface area (TPSA) is 25.8 Å². The van der Waals surface area contributed by atoms with Crippen LogP contribution in [0.2, 0.25) is 10.2 Å². The van der Waals surface area contributed by atoms with Crippen molar-refractivity contribution < 1.29 is 4.39 Å². The van der Waals surface area contributed by atoms with Gasteiger partial charge in [0.05, 0.1) is 15.4 Å². The van der Waals surface area contributed by atoms with Crippen LogP contribution in [0.15, 0.2) is 23.6 Å². The number of nitrogens with zero attached hydrogens (tertiary/aromatic N) is 2. The molecule has 0 aliphatic rings. The first-order valence-electron chi connectivity index (χ1n) is 5.43. The summed E-state index contributed by atoms with van der Waals surface area (Å²) in [6.07, 6.45) is 0. The Morgan fingerprint density at radius 3 is 2.63 bits per heavy atom. The minimum atomic E-state index is -0.314. The van der Waals surface area contributed by atoms with Crippen LogP contribution in [-0.2, 0) is 0 Å². The standard InChI is InChI=1S/C13H7Cl2FN2S/c1-6-9(16)3-2-7-10(6)17-13(18-12(7)15)11-8(14)4-5-19-11/h2-5H,1H3. The van der Waals surface area contributed by atoms with E-state index in [2.05, 4.69) is 9.97 Å². The SMILES string of the molecule is Cc1c(F)ccc2c(Cl)nc(-c3sccc3Cl)nc12. The van der Waals surface area contributed by atoms with Gasteiger partial charge in [-0.3, -0.25) is 0 Å². The van der Waals surface area contributed by atoms with Gasteiger partial charge in [-0.25, -0.2) is 14.4 Å². The van der Waals surface area contributed by atoms with Crippen LogP contribution in [0.3, 0.4) is 0 Å². The number of fused-ring (bicyclic) bond motifs is 1. The van der Waals surface area contributed by atoms with Gasteiger partial charge in [0.15, 0.2) is 5.82 Å². The Hall–Kier alpha value is -1.23. The molecule has 3 aromatic rings. The van der Waals surface area contributed by atoms with E-state index in [1.165, 1.54) is 17.4 Å². The van der Waals surface area contributed by atoms with Gasteiger partial charge in [0, 0.05) is 10.9 Å². The lowest BCUT2D eigenvalue weighted by Gasteiger charge is -2.06. The zero-order valence-electron chi connectivity index (χ0n) is 9.75. The fourth-order valence-corrected chi connectivity index (χ4v) is 3.13. The largest absolute Gasteiger partial charge is 0.227 e. The molecule has 0 bridgehead atoms. The summed E-state index contributed by atoms with van der Waals surface area (Å²) in [6, 6.07) is 4.71. The molecule has 0 atom stereocenters. The number of thiophene rings is 1. The van der Waals surface area contributed by atoms with E-state index >= 15 is 0 Å². The molecule has 0 radical (unpaired) electrons. The van der Waals surface area contributed by atoms with Crippen LogP contribution in [-0.4, -0.2) is 9.97 Å². The second-order valence-electron chi connectivity index (χ2n) is 4.00. The molecule has 96 valence electrons. The minimum absolute atomic E-state index is 0.299. The lowest BCUT2D eigenvalue weighted by molar-refractivity contribution is 0.620. The summed E-state index contributed by atoms with van der Waals surface area (Å²) in [5, 5.41) is 3.34. The van der Waals surface area contributed by atoms with Crippen LogP contribution < -0.4 is 0 Å². The number of hydrogen-bond donors (Lipinski definition) is 0. The maximum atomic E-state index is 13.6. The fraction of sp³-hybridized carbons (Fsp3) is 0.0769. The van der Waals surface area contributed by atoms with Gasteiger partial charge in [-0.2, -0.15) is 0 Å². The molecular weight excluding hydrogens is 306 g/mol. The number of aryl methyl sites for hydroxylation is 1. The molecule has 0 N–H and O–H groups in total. The molecule has 2 nitrogen and oxygen atoms in total. The van der Waals surface area contributed by atoms with Crippen molar-refractivity contribution in [3.05, 3.63) is 45.1 Å². The van der Waals surface area contributed by atoms with Gasteiger partial charge in [0.1, 0.15) is 11.0 Å². The molecule has 0 spiro atoms. The Balaban J connectivity index is 2.35. The molecule has 0 fully saturated rings. The van der Waals surface area contributed by atoms with E-state index in [0.717, 1.165) is 4.88 Å². The van der Waals surface area contributed by atoms with Gasteiger partial charge < -0.3 is 0 Å². The number of aromatic nitrogens is 2. The highest BCUT2D eigenvalue weighted by Gasteiger charge is 2.14. The van der Waals surface area contributed by atoms with Crippen LogP contribution >= 0.6 is 34.5 Å². The van der Waals surface area contributed by atoms with E-state index in [9.17, 15) is 4.39 Å². The second kappa shape index (κ2) is 4.71. The van der Waals surface area contributed by atoms with Gasteiger partial charge in [-0.05, 0) is 30.5 Å². The fourth-order valence-electron chi connectivity index (χ4n) is 1.83. The molecule has 0 aliphatic heterocycles. The molecular formula is C13H7Cl2FN2S. The van der Waals surface area contributed by atoms with E-state index in [1.807, 2.05) is 5.38 Å². The van der Waals surface area contributed by atoms with Crippen molar-refractivity contribution in [3.8, 4) is 10.7 Å². The van der Waals surface area contributed by atoms with Gasteiger partial charge >= 0.3 is 0 Å². The van der Waals surface area contributed by atoms with Crippen molar-refractivity contribution in [2.75, 3.05) is 0 Å². The Morgan fingerprint density at radius 1 is 1.16 bits per heavy atom. The molecule has 0 saturated carbocycles. The molecule has 19 heavy (non-hydrogen) atoms. The third-order valence-corrected chi connectivity index (χ3v) is 4.45. The summed E-state index contributed by atoms with van der Waals surface area (Å²) in [6.45, 7) is 1.67. The van der Waals surface area contributed by atoms with E-state index in [-0.39, 0.29) is 5.82 Å². The van der Waals surface area contributed by atoms with Crippen LogP contribution in [0.25, 0.3) is 21.6 Å². The molecule has 0 saturated heterocycles. The van der Waals surface area contributed by atoms with Gasteiger partial charge in [-0.1, -0.05) is 23.2 Å². The highest BCUT2D eigenvalue weighted by atomic mass is 35.5. The Labute approximate surface area is 122 Å². The summed E-state index contributed by atoms with van der Waals surface area (Å²) in [5.74, 6) is 0.108. The Kier molecular flexibility index (Phi) is 3.17. The molecule has 3 rings (SSSR count). The van der Waals surface area contributed by atoms with Crippen molar-refractivity contribution >= 4 is 45.4 Å². The summed E-state index contributed by atoms with van der Waals surface area (Å²) >= 11 is 13.6. The lowest BCUT2D eigenvalue weighted by atomic mass is 10.1. The number of halogens is 3. The minimum Gasteiger partial charge on any atom is -0.227 e. The zero-order valence-corrected chi connectivity index (χ0v) is 12.1. The normalized spacial score (nSPS) is 11.2. The predicted octanol–water partition coefficient (Wildman–Crippen LogP) is 5.11. The first kappa shape index (κ1) is 12.8. The van der Waals surface area contributed by atoms with E-state index < -0.39 is 0 Å². The van der Waals surface area contributed by atoms with E-state index in [0.29, 0.717) is 32.5 Å². The molecule has 1 aromatic carbocycles. The monoisotopic (exact) mass is 312 g/mol. The highest BCUT2D eigenvalue weighted by molar-refractivity contribution is 7.14. The summed E-state index contributed by atoms with van der Waals surface area (Å²) in [5.41, 5.74) is 0.968. The van der Waals surface area contributed by atoms with Crippen LogP contribution in [0.5, 0.6) is 0 Å². The zero-order chi connectivity index (χ0) is 13.6. The predicted molar refractivity (Wildman–Crippen MR) is 77.6 cm³/mol. The molecule has 2 heterocycles. The maximum Gasteiger partial charge on any atom is 0.173 e. The number of hydrogen-bond acceptors (Lipinski definition) is 3. The van der Waals surface area contributed by atoms with Gasteiger partial charge in [0.25, 0.3) is 0 Å². The average molecular weight is 313 g/mol. The van der Waals surface area contributed by atoms with Gasteiger partial charge in [0.2, 0.25) is 0 Å². The van der Waals surface area contributed by atoms with E-state index in [4.69, 9.17) is 23.2 Å². The smallest absolute Gasteiger partial charge is 0.173 e. The van der Waals surface area contributed by atoms with Crippen molar-refractivity contribution in [1.29, 1.82) is 0 Å². The average Bonchev–Trinajstić information content (AvgIpc) is 2.80. The Bertz CT molecular complexity index is 786. The molecule has 0 unspecified atom stereocenters. The first-order valence-corrected chi connectivity index (χ1v) is 7.07.